The van der Waals surface area contributed by atoms with Crippen LogP contribution < -0.4 is 0 Å². The molecule has 0 aliphatic rings. The molecule has 0 bridgehead atoms. The van der Waals surface area contributed by atoms with Gasteiger partial charge in [0.05, 0.1) is 0 Å². The Morgan fingerprint density at radius 3 is 1.96 bits per heavy atom. The maximum Gasteiger partial charge on any atom is 0.0198 e. The minimum absolute atomic E-state index is 0.396. The van der Waals surface area contributed by atoms with Crippen molar-refractivity contribution < 1.29 is 0 Å². The van der Waals surface area contributed by atoms with Crippen LogP contribution in [-0.4, -0.2) is 0 Å². The van der Waals surface area contributed by atoms with E-state index in [1.54, 1.807) is 0 Å². The largest absolute Gasteiger partial charge is 0.0876 e. The molecule has 1 atom stereocenters. The fourth-order valence-electron chi connectivity index (χ4n) is 2.59. The fraction of sp³-hybridized carbons (Fsp3) is 0.600. The predicted molar refractivity (Wildman–Crippen MR) is 117 cm³/mol. The molecule has 0 aliphatic heterocycles. The third-order valence-electron chi connectivity index (χ3n) is 4.20. The van der Waals surface area contributed by atoms with Crippen LogP contribution in [0.2, 0.25) is 0 Å². The Morgan fingerprint density at radius 2 is 1.36 bits per heavy atom. The van der Waals surface area contributed by atoms with Crippen LogP contribution in [0, 0.1) is 5.92 Å². The SMILES string of the molecule is CCC=CC=C(C=CCCC)C(C=CCCCC)C=CCCCCC. The Hall–Kier alpha value is -1.30. The van der Waals surface area contributed by atoms with Gasteiger partial charge in [-0.05, 0) is 37.7 Å². The molecule has 0 rings (SSSR count). The standard InChI is InChI=1S/C25H42/c1-5-9-13-15-19-23-25(22-18-14-10-6-2)24(20-16-11-7-3)21-17-12-8-4/h11,16-23,25H,5-10,12-15H2,1-4H3. The van der Waals surface area contributed by atoms with Crippen LogP contribution in [0.3, 0.4) is 0 Å². The van der Waals surface area contributed by atoms with E-state index in [0.717, 1.165) is 12.8 Å². The zero-order valence-corrected chi connectivity index (χ0v) is 17.3. The summed E-state index contributed by atoms with van der Waals surface area (Å²) in [6.45, 7) is 8.95. The second-order valence-corrected chi connectivity index (χ2v) is 6.71. The Balaban J connectivity index is 5.15. The first-order chi connectivity index (χ1) is 12.3. The quantitative estimate of drug-likeness (QED) is 0.158. The van der Waals surface area contributed by atoms with Crippen LogP contribution in [0.1, 0.15) is 91.9 Å². The van der Waals surface area contributed by atoms with Crippen LogP contribution in [0.25, 0.3) is 0 Å². The van der Waals surface area contributed by atoms with Crippen LogP contribution in [0.4, 0.5) is 0 Å². The smallest absolute Gasteiger partial charge is 0.0198 e. The van der Waals surface area contributed by atoms with Crippen molar-refractivity contribution in [3.8, 4) is 0 Å². The number of hydrogen-bond donors (Lipinski definition) is 0. The molecule has 142 valence electrons. The van der Waals surface area contributed by atoms with E-state index < -0.39 is 0 Å². The summed E-state index contributed by atoms with van der Waals surface area (Å²) in [4.78, 5) is 0. The van der Waals surface area contributed by atoms with E-state index in [9.17, 15) is 0 Å². The summed E-state index contributed by atoms with van der Waals surface area (Å²) in [5.41, 5.74) is 1.40. The molecule has 0 fully saturated rings. The number of rotatable bonds is 15. The number of unbranched alkanes of at least 4 members (excludes halogenated alkanes) is 6. The van der Waals surface area contributed by atoms with Crippen molar-refractivity contribution in [3.63, 3.8) is 0 Å². The molecule has 0 spiro atoms. The Morgan fingerprint density at radius 1 is 0.680 bits per heavy atom. The lowest BCUT2D eigenvalue weighted by Crippen LogP contribution is -1.96. The van der Waals surface area contributed by atoms with Gasteiger partial charge in [-0.15, -0.1) is 0 Å². The van der Waals surface area contributed by atoms with Crippen molar-refractivity contribution >= 4 is 0 Å². The van der Waals surface area contributed by atoms with Crippen LogP contribution in [0.15, 0.2) is 60.3 Å². The van der Waals surface area contributed by atoms with Crippen molar-refractivity contribution in [3.05, 3.63) is 60.3 Å². The van der Waals surface area contributed by atoms with Gasteiger partial charge in [0.1, 0.15) is 0 Å². The zero-order valence-electron chi connectivity index (χ0n) is 17.3. The second-order valence-electron chi connectivity index (χ2n) is 6.71. The molecule has 0 aromatic heterocycles. The molecule has 0 aliphatic carbocycles. The predicted octanol–water partition coefficient (Wildman–Crippen LogP) is 8.73. The molecule has 1 unspecified atom stereocenters. The van der Waals surface area contributed by atoms with Crippen molar-refractivity contribution in [2.24, 2.45) is 5.92 Å². The van der Waals surface area contributed by atoms with Crippen molar-refractivity contribution in [1.82, 2.24) is 0 Å². The lowest BCUT2D eigenvalue weighted by atomic mass is 9.95. The zero-order chi connectivity index (χ0) is 18.6. The molecule has 0 saturated heterocycles. The highest BCUT2D eigenvalue weighted by atomic mass is 14.1. The molecule has 0 aromatic carbocycles. The van der Waals surface area contributed by atoms with Gasteiger partial charge < -0.3 is 0 Å². The van der Waals surface area contributed by atoms with E-state index in [2.05, 4.69) is 82.4 Å². The van der Waals surface area contributed by atoms with Gasteiger partial charge >= 0.3 is 0 Å². The summed E-state index contributed by atoms with van der Waals surface area (Å²) in [7, 11) is 0. The summed E-state index contributed by atoms with van der Waals surface area (Å²) in [5, 5.41) is 0. The first kappa shape index (κ1) is 23.7. The average molecular weight is 343 g/mol. The molecule has 0 N–H and O–H groups in total. The Bertz CT molecular complexity index is 417. The first-order valence-electron chi connectivity index (χ1n) is 10.7. The van der Waals surface area contributed by atoms with Gasteiger partial charge in [0.25, 0.3) is 0 Å². The van der Waals surface area contributed by atoms with E-state index in [4.69, 9.17) is 0 Å². The molecule has 0 heteroatoms. The van der Waals surface area contributed by atoms with Gasteiger partial charge in [0.2, 0.25) is 0 Å². The molecule has 0 nitrogen and oxygen atoms in total. The highest BCUT2D eigenvalue weighted by Gasteiger charge is 2.04. The second kappa shape index (κ2) is 19.0. The molecule has 25 heavy (non-hydrogen) atoms. The van der Waals surface area contributed by atoms with Crippen molar-refractivity contribution in [1.29, 1.82) is 0 Å². The number of allylic oxidation sites excluding steroid dienone is 10. The average Bonchev–Trinajstić information content (AvgIpc) is 2.62. The maximum absolute atomic E-state index is 2.40. The molecule has 0 amide bonds. The molecule has 0 saturated carbocycles. The molecular weight excluding hydrogens is 300 g/mol. The van der Waals surface area contributed by atoms with Crippen molar-refractivity contribution in [2.75, 3.05) is 0 Å². The molecule has 0 heterocycles. The maximum atomic E-state index is 2.40. The van der Waals surface area contributed by atoms with E-state index >= 15 is 0 Å². The van der Waals surface area contributed by atoms with Gasteiger partial charge in [-0.2, -0.15) is 0 Å². The van der Waals surface area contributed by atoms with E-state index in [-0.39, 0.29) is 0 Å². The van der Waals surface area contributed by atoms with Crippen LogP contribution in [-0.2, 0) is 0 Å². The normalized spacial score (nSPS) is 14.6. The fourth-order valence-corrected chi connectivity index (χ4v) is 2.59. The van der Waals surface area contributed by atoms with E-state index in [1.807, 2.05) is 0 Å². The van der Waals surface area contributed by atoms with Crippen LogP contribution in [0.5, 0.6) is 0 Å². The molecule has 0 radical (unpaired) electrons. The molecular formula is C25H42. The summed E-state index contributed by atoms with van der Waals surface area (Å²) >= 11 is 0. The third kappa shape index (κ3) is 14.7. The minimum Gasteiger partial charge on any atom is -0.0876 e. The highest BCUT2D eigenvalue weighted by Crippen LogP contribution is 2.19. The van der Waals surface area contributed by atoms with Crippen molar-refractivity contribution in [2.45, 2.75) is 91.9 Å². The topological polar surface area (TPSA) is 0 Å². The van der Waals surface area contributed by atoms with Gasteiger partial charge in [0.15, 0.2) is 0 Å². The minimum atomic E-state index is 0.396. The lowest BCUT2D eigenvalue weighted by Gasteiger charge is -2.10. The lowest BCUT2D eigenvalue weighted by molar-refractivity contribution is 0.727. The highest BCUT2D eigenvalue weighted by molar-refractivity contribution is 5.33. The summed E-state index contributed by atoms with van der Waals surface area (Å²) < 4.78 is 0. The van der Waals surface area contributed by atoms with Crippen LogP contribution >= 0.6 is 0 Å². The number of hydrogen-bond acceptors (Lipinski definition) is 0. The summed E-state index contributed by atoms with van der Waals surface area (Å²) in [6.07, 6.45) is 33.3. The third-order valence-corrected chi connectivity index (χ3v) is 4.20. The first-order valence-corrected chi connectivity index (χ1v) is 10.7. The Labute approximate surface area is 158 Å². The summed E-state index contributed by atoms with van der Waals surface area (Å²) in [5.74, 6) is 0.396. The van der Waals surface area contributed by atoms with Gasteiger partial charge in [-0.1, -0.05) is 114 Å². The summed E-state index contributed by atoms with van der Waals surface area (Å²) in [6, 6.07) is 0. The van der Waals surface area contributed by atoms with Gasteiger partial charge in [-0.3, -0.25) is 0 Å². The molecule has 0 aromatic rings. The monoisotopic (exact) mass is 342 g/mol. The van der Waals surface area contributed by atoms with E-state index in [0.29, 0.717) is 5.92 Å². The van der Waals surface area contributed by atoms with Gasteiger partial charge in [0, 0.05) is 5.92 Å². The Kier molecular flexibility index (Phi) is 18.0. The van der Waals surface area contributed by atoms with Gasteiger partial charge in [-0.25, -0.2) is 0 Å². The van der Waals surface area contributed by atoms with E-state index in [1.165, 1.54) is 56.9 Å².